The van der Waals surface area contributed by atoms with Crippen LogP contribution >= 0.6 is 0 Å². The van der Waals surface area contributed by atoms with E-state index >= 15 is 0 Å². The Balaban J connectivity index is 2.83. The molecule has 104 valence electrons. The molecule has 0 radical (unpaired) electrons. The minimum absolute atomic E-state index is 0.117. The van der Waals surface area contributed by atoms with Crippen LogP contribution in [0.4, 0.5) is 5.69 Å². The Bertz CT molecular complexity index is 472. The number of hydrogen-bond acceptors (Lipinski definition) is 3. The molecule has 5 heteroatoms. The average Bonchev–Trinajstić information content (AvgIpc) is 2.40. The Kier molecular flexibility index (Phi) is 5.51. The SMILES string of the molecule is CCNC(=O)c1ccc(NC(=O)[C@@H](N)CC)c(C)c1. The van der Waals surface area contributed by atoms with Gasteiger partial charge in [0.2, 0.25) is 5.91 Å². The zero-order valence-corrected chi connectivity index (χ0v) is 11.6. The van der Waals surface area contributed by atoms with Crippen LogP contribution in [0.15, 0.2) is 18.2 Å². The van der Waals surface area contributed by atoms with Crippen molar-refractivity contribution in [3.05, 3.63) is 29.3 Å². The van der Waals surface area contributed by atoms with Gasteiger partial charge in [-0.05, 0) is 44.0 Å². The molecule has 0 unspecified atom stereocenters. The van der Waals surface area contributed by atoms with E-state index in [0.29, 0.717) is 24.2 Å². The van der Waals surface area contributed by atoms with Crippen molar-refractivity contribution in [3.8, 4) is 0 Å². The van der Waals surface area contributed by atoms with Crippen LogP contribution in [0.3, 0.4) is 0 Å². The largest absolute Gasteiger partial charge is 0.352 e. The monoisotopic (exact) mass is 263 g/mol. The summed E-state index contributed by atoms with van der Waals surface area (Å²) >= 11 is 0. The molecule has 1 rings (SSSR count). The van der Waals surface area contributed by atoms with E-state index in [1.54, 1.807) is 18.2 Å². The molecule has 0 fully saturated rings. The third-order valence-electron chi connectivity index (χ3n) is 2.86. The van der Waals surface area contributed by atoms with Crippen molar-refractivity contribution < 1.29 is 9.59 Å². The molecular weight excluding hydrogens is 242 g/mol. The quantitative estimate of drug-likeness (QED) is 0.751. The number of carbonyl (C=O) groups is 2. The van der Waals surface area contributed by atoms with Gasteiger partial charge >= 0.3 is 0 Å². The van der Waals surface area contributed by atoms with E-state index in [1.807, 2.05) is 20.8 Å². The van der Waals surface area contributed by atoms with E-state index in [1.165, 1.54) is 0 Å². The predicted molar refractivity (Wildman–Crippen MR) is 76.1 cm³/mol. The first kappa shape index (κ1) is 15.2. The number of nitrogens with two attached hydrogens (primary N) is 1. The summed E-state index contributed by atoms with van der Waals surface area (Å²) in [6, 6.07) is 4.64. The van der Waals surface area contributed by atoms with E-state index < -0.39 is 6.04 Å². The zero-order chi connectivity index (χ0) is 14.4. The van der Waals surface area contributed by atoms with E-state index in [-0.39, 0.29) is 11.8 Å². The van der Waals surface area contributed by atoms with E-state index in [9.17, 15) is 9.59 Å². The average molecular weight is 263 g/mol. The van der Waals surface area contributed by atoms with Crippen LogP contribution in [-0.4, -0.2) is 24.4 Å². The number of nitrogens with one attached hydrogen (secondary N) is 2. The second-order valence-electron chi connectivity index (χ2n) is 4.39. The van der Waals surface area contributed by atoms with Crippen LogP contribution in [0.25, 0.3) is 0 Å². The molecule has 0 bridgehead atoms. The maximum atomic E-state index is 11.7. The number of rotatable bonds is 5. The minimum atomic E-state index is -0.512. The summed E-state index contributed by atoms with van der Waals surface area (Å²) in [7, 11) is 0. The van der Waals surface area contributed by atoms with Gasteiger partial charge in [0, 0.05) is 17.8 Å². The number of anilines is 1. The van der Waals surface area contributed by atoms with Crippen LogP contribution in [0.2, 0.25) is 0 Å². The smallest absolute Gasteiger partial charge is 0.251 e. The van der Waals surface area contributed by atoms with Gasteiger partial charge < -0.3 is 16.4 Å². The number of benzene rings is 1. The highest BCUT2D eigenvalue weighted by atomic mass is 16.2. The maximum absolute atomic E-state index is 11.7. The Morgan fingerprint density at radius 3 is 2.53 bits per heavy atom. The molecule has 0 heterocycles. The summed E-state index contributed by atoms with van der Waals surface area (Å²) in [4.78, 5) is 23.4. The van der Waals surface area contributed by atoms with Crippen molar-refractivity contribution in [1.82, 2.24) is 5.32 Å². The van der Waals surface area contributed by atoms with Gasteiger partial charge in [0.15, 0.2) is 0 Å². The van der Waals surface area contributed by atoms with Gasteiger partial charge in [-0.25, -0.2) is 0 Å². The molecule has 0 aliphatic carbocycles. The second kappa shape index (κ2) is 6.89. The molecule has 19 heavy (non-hydrogen) atoms. The summed E-state index contributed by atoms with van der Waals surface area (Å²) in [6.45, 7) is 6.15. The summed E-state index contributed by atoms with van der Waals surface area (Å²) in [5.41, 5.74) is 7.75. The van der Waals surface area contributed by atoms with Crippen molar-refractivity contribution in [2.45, 2.75) is 33.2 Å². The molecule has 0 aliphatic heterocycles. The van der Waals surface area contributed by atoms with Crippen LogP contribution in [0, 0.1) is 6.92 Å². The number of amides is 2. The normalized spacial score (nSPS) is 11.8. The summed E-state index contributed by atoms with van der Waals surface area (Å²) in [5, 5.41) is 5.49. The standard InChI is InChI=1S/C14H21N3O2/c1-4-11(15)14(19)17-12-7-6-10(8-9(12)3)13(18)16-5-2/h6-8,11H,4-5,15H2,1-3H3,(H,16,18)(H,17,19)/t11-/m0/s1. The molecule has 0 aromatic heterocycles. The molecule has 2 amide bonds. The first-order valence-corrected chi connectivity index (χ1v) is 6.44. The Morgan fingerprint density at radius 1 is 1.32 bits per heavy atom. The first-order chi connectivity index (χ1) is 8.99. The highest BCUT2D eigenvalue weighted by molar-refractivity contribution is 5.97. The minimum Gasteiger partial charge on any atom is -0.352 e. The van der Waals surface area contributed by atoms with E-state index in [0.717, 1.165) is 5.56 Å². The van der Waals surface area contributed by atoms with Gasteiger partial charge in [-0.2, -0.15) is 0 Å². The molecule has 0 aliphatic rings. The predicted octanol–water partition coefficient (Wildman–Crippen LogP) is 1.42. The van der Waals surface area contributed by atoms with Gasteiger partial charge in [-0.3, -0.25) is 9.59 Å². The molecule has 0 spiro atoms. The maximum Gasteiger partial charge on any atom is 0.251 e. The molecule has 0 saturated heterocycles. The van der Waals surface area contributed by atoms with Crippen molar-refractivity contribution in [3.63, 3.8) is 0 Å². The lowest BCUT2D eigenvalue weighted by Crippen LogP contribution is -2.35. The van der Waals surface area contributed by atoms with Crippen LogP contribution < -0.4 is 16.4 Å². The molecule has 1 atom stereocenters. The van der Waals surface area contributed by atoms with E-state index in [4.69, 9.17) is 5.73 Å². The lowest BCUT2D eigenvalue weighted by molar-refractivity contribution is -0.117. The fraction of sp³-hybridized carbons (Fsp3) is 0.429. The third-order valence-corrected chi connectivity index (χ3v) is 2.86. The van der Waals surface area contributed by atoms with Gasteiger partial charge in [-0.1, -0.05) is 6.92 Å². The molecule has 5 nitrogen and oxygen atoms in total. The van der Waals surface area contributed by atoms with Crippen LogP contribution in [-0.2, 0) is 4.79 Å². The number of aryl methyl sites for hydroxylation is 1. The van der Waals surface area contributed by atoms with Crippen LogP contribution in [0.5, 0.6) is 0 Å². The fourth-order valence-corrected chi connectivity index (χ4v) is 1.62. The van der Waals surface area contributed by atoms with Crippen molar-refractivity contribution in [2.24, 2.45) is 5.73 Å². The van der Waals surface area contributed by atoms with Gasteiger partial charge in [0.05, 0.1) is 6.04 Å². The van der Waals surface area contributed by atoms with Crippen LogP contribution in [0.1, 0.15) is 36.2 Å². The summed E-state index contributed by atoms with van der Waals surface area (Å²) < 4.78 is 0. The van der Waals surface area contributed by atoms with Gasteiger partial charge in [-0.15, -0.1) is 0 Å². The summed E-state index contributed by atoms with van der Waals surface area (Å²) in [6.07, 6.45) is 0.585. The number of hydrogen-bond donors (Lipinski definition) is 3. The van der Waals surface area contributed by atoms with E-state index in [2.05, 4.69) is 10.6 Å². The highest BCUT2D eigenvalue weighted by Gasteiger charge is 2.13. The summed E-state index contributed by atoms with van der Waals surface area (Å²) in [5.74, 6) is -0.329. The molecular formula is C14H21N3O2. The van der Waals surface area contributed by atoms with Gasteiger partial charge in [0.25, 0.3) is 5.91 Å². The zero-order valence-electron chi connectivity index (χ0n) is 11.6. The van der Waals surface area contributed by atoms with Gasteiger partial charge in [0.1, 0.15) is 0 Å². The van der Waals surface area contributed by atoms with Crippen molar-refractivity contribution >= 4 is 17.5 Å². The topological polar surface area (TPSA) is 84.2 Å². The fourth-order valence-electron chi connectivity index (χ4n) is 1.62. The number of carbonyl (C=O) groups excluding carboxylic acids is 2. The Morgan fingerprint density at radius 2 is 2.00 bits per heavy atom. The molecule has 1 aromatic rings. The Labute approximate surface area is 113 Å². The lowest BCUT2D eigenvalue weighted by Gasteiger charge is -2.13. The molecule has 4 N–H and O–H groups in total. The van der Waals surface area contributed by atoms with Crippen molar-refractivity contribution in [2.75, 3.05) is 11.9 Å². The Hall–Kier alpha value is -1.88. The lowest BCUT2D eigenvalue weighted by atomic mass is 10.1. The highest BCUT2D eigenvalue weighted by Crippen LogP contribution is 2.17. The second-order valence-corrected chi connectivity index (χ2v) is 4.39. The molecule has 0 saturated carbocycles. The van der Waals surface area contributed by atoms with Crippen molar-refractivity contribution in [1.29, 1.82) is 0 Å². The third kappa shape index (κ3) is 4.06. The first-order valence-electron chi connectivity index (χ1n) is 6.44. The molecule has 1 aromatic carbocycles.